The van der Waals surface area contributed by atoms with Crippen LogP contribution in [0, 0.1) is 0 Å². The van der Waals surface area contributed by atoms with E-state index in [-0.39, 0.29) is 0 Å². The number of nitrogens with zero attached hydrogens (tertiary/aromatic N) is 1. The largest absolute Gasteiger partial charge is 0.370 e. The first kappa shape index (κ1) is 9.52. The molecule has 1 heterocycles. The van der Waals surface area contributed by atoms with Crippen LogP contribution in [0.25, 0.3) is 0 Å². The van der Waals surface area contributed by atoms with Crippen molar-refractivity contribution in [3.8, 4) is 0 Å². The molecule has 12 heavy (non-hydrogen) atoms. The van der Waals surface area contributed by atoms with Crippen LogP contribution >= 0.6 is 15.9 Å². The van der Waals surface area contributed by atoms with Crippen LogP contribution in [0.3, 0.4) is 0 Å². The molecule has 0 saturated heterocycles. The molecule has 0 bridgehead atoms. The molecule has 1 aromatic heterocycles. The van der Waals surface area contributed by atoms with Gasteiger partial charge in [-0.2, -0.15) is 0 Å². The lowest BCUT2D eigenvalue weighted by molar-refractivity contribution is 0.831. The molecule has 0 aliphatic heterocycles. The fourth-order valence-electron chi connectivity index (χ4n) is 0.874. The number of rotatable bonds is 4. The van der Waals surface area contributed by atoms with Crippen molar-refractivity contribution in [1.82, 2.24) is 4.98 Å². The molecule has 0 aromatic carbocycles. The van der Waals surface area contributed by atoms with E-state index in [1.807, 2.05) is 12.1 Å². The predicted octanol–water partition coefficient (Wildman–Crippen LogP) is 3.06. The average molecular weight is 229 g/mol. The van der Waals surface area contributed by atoms with Gasteiger partial charge in [-0.15, -0.1) is 0 Å². The van der Waals surface area contributed by atoms with Crippen LogP contribution in [-0.4, -0.2) is 11.5 Å². The Bertz CT molecular complexity index is 220. The van der Waals surface area contributed by atoms with Crippen LogP contribution in [0.15, 0.2) is 22.8 Å². The molecule has 0 aliphatic carbocycles. The molecule has 0 aliphatic rings. The molecule has 1 N–H and O–H groups in total. The summed E-state index contributed by atoms with van der Waals surface area (Å²) in [6, 6.07) is 3.96. The standard InChI is InChI=1S/C9H13BrN2/c1-2-3-6-11-9-5-4-8(10)7-12-9/h4-5,7H,2-3,6H2,1H3,(H,11,12). The van der Waals surface area contributed by atoms with Gasteiger partial charge in [0.1, 0.15) is 5.82 Å². The number of pyridine rings is 1. The van der Waals surface area contributed by atoms with Crippen LogP contribution in [0.4, 0.5) is 5.82 Å². The minimum absolute atomic E-state index is 0.951. The van der Waals surface area contributed by atoms with Gasteiger partial charge in [0.25, 0.3) is 0 Å². The molecule has 1 aromatic rings. The summed E-state index contributed by atoms with van der Waals surface area (Å²) < 4.78 is 1.02. The van der Waals surface area contributed by atoms with E-state index >= 15 is 0 Å². The van der Waals surface area contributed by atoms with Crippen molar-refractivity contribution in [3.05, 3.63) is 22.8 Å². The van der Waals surface area contributed by atoms with Crippen LogP contribution in [0.5, 0.6) is 0 Å². The van der Waals surface area contributed by atoms with Gasteiger partial charge in [0.2, 0.25) is 0 Å². The lowest BCUT2D eigenvalue weighted by Gasteiger charge is -2.03. The van der Waals surface area contributed by atoms with Crippen LogP contribution in [0.1, 0.15) is 19.8 Å². The Balaban J connectivity index is 2.37. The molecule has 0 radical (unpaired) electrons. The van der Waals surface area contributed by atoms with E-state index in [1.165, 1.54) is 12.8 Å². The maximum Gasteiger partial charge on any atom is 0.125 e. The van der Waals surface area contributed by atoms with Gasteiger partial charge in [0.15, 0.2) is 0 Å². The fourth-order valence-corrected chi connectivity index (χ4v) is 1.11. The lowest BCUT2D eigenvalue weighted by atomic mass is 10.3. The SMILES string of the molecule is CCCCNc1ccc(Br)cn1. The molecule has 2 nitrogen and oxygen atoms in total. The number of anilines is 1. The van der Waals surface area contributed by atoms with Gasteiger partial charge in [-0.1, -0.05) is 13.3 Å². The third-order valence-electron chi connectivity index (χ3n) is 1.56. The first-order chi connectivity index (χ1) is 5.83. The van der Waals surface area contributed by atoms with Crippen molar-refractivity contribution in [2.75, 3.05) is 11.9 Å². The number of halogens is 1. The minimum Gasteiger partial charge on any atom is -0.370 e. The number of hydrogen-bond acceptors (Lipinski definition) is 2. The Labute approximate surface area is 81.5 Å². The van der Waals surface area contributed by atoms with Crippen molar-refractivity contribution >= 4 is 21.7 Å². The van der Waals surface area contributed by atoms with Crippen LogP contribution in [0.2, 0.25) is 0 Å². The van der Waals surface area contributed by atoms with E-state index in [1.54, 1.807) is 6.20 Å². The summed E-state index contributed by atoms with van der Waals surface area (Å²) in [5.74, 6) is 0.951. The summed E-state index contributed by atoms with van der Waals surface area (Å²) in [7, 11) is 0. The maximum absolute atomic E-state index is 4.19. The van der Waals surface area contributed by atoms with Gasteiger partial charge in [-0.05, 0) is 34.5 Å². The Morgan fingerprint density at radius 3 is 2.92 bits per heavy atom. The molecule has 0 unspecified atom stereocenters. The highest BCUT2D eigenvalue weighted by Crippen LogP contribution is 2.10. The zero-order valence-corrected chi connectivity index (χ0v) is 8.76. The number of aromatic nitrogens is 1. The van der Waals surface area contributed by atoms with Crippen molar-refractivity contribution in [3.63, 3.8) is 0 Å². The highest BCUT2D eigenvalue weighted by Gasteiger charge is 1.91. The van der Waals surface area contributed by atoms with Gasteiger partial charge in [-0.25, -0.2) is 4.98 Å². The monoisotopic (exact) mass is 228 g/mol. The third-order valence-corrected chi connectivity index (χ3v) is 2.03. The van der Waals surface area contributed by atoms with Gasteiger partial charge < -0.3 is 5.32 Å². The van der Waals surface area contributed by atoms with E-state index in [0.717, 1.165) is 16.8 Å². The molecule has 0 saturated carbocycles. The van der Waals surface area contributed by atoms with Gasteiger partial charge in [0, 0.05) is 17.2 Å². The molecular formula is C9H13BrN2. The number of unbranched alkanes of at least 4 members (excludes halogenated alkanes) is 1. The summed E-state index contributed by atoms with van der Waals surface area (Å²) >= 11 is 3.34. The van der Waals surface area contributed by atoms with Gasteiger partial charge in [-0.3, -0.25) is 0 Å². The van der Waals surface area contributed by atoms with E-state index in [4.69, 9.17) is 0 Å². The molecule has 0 spiro atoms. The van der Waals surface area contributed by atoms with Crippen molar-refractivity contribution in [1.29, 1.82) is 0 Å². The predicted molar refractivity (Wildman–Crippen MR) is 55.3 cm³/mol. The summed E-state index contributed by atoms with van der Waals surface area (Å²) in [5.41, 5.74) is 0. The second kappa shape index (κ2) is 5.14. The average Bonchev–Trinajstić information content (AvgIpc) is 2.09. The third kappa shape index (κ3) is 3.22. The minimum atomic E-state index is 0.951. The zero-order chi connectivity index (χ0) is 8.81. The summed E-state index contributed by atoms with van der Waals surface area (Å²) in [6.07, 6.45) is 4.20. The van der Waals surface area contributed by atoms with Crippen molar-refractivity contribution in [2.45, 2.75) is 19.8 Å². The zero-order valence-electron chi connectivity index (χ0n) is 7.18. The Morgan fingerprint density at radius 2 is 2.33 bits per heavy atom. The summed E-state index contributed by atoms with van der Waals surface area (Å²) in [5, 5.41) is 3.24. The fraction of sp³-hybridized carbons (Fsp3) is 0.444. The molecular weight excluding hydrogens is 216 g/mol. The number of hydrogen-bond donors (Lipinski definition) is 1. The summed E-state index contributed by atoms with van der Waals surface area (Å²) in [4.78, 5) is 4.19. The van der Waals surface area contributed by atoms with E-state index in [0.29, 0.717) is 0 Å². The first-order valence-corrected chi connectivity index (χ1v) is 4.97. The van der Waals surface area contributed by atoms with E-state index in [9.17, 15) is 0 Å². The van der Waals surface area contributed by atoms with E-state index < -0.39 is 0 Å². The highest BCUT2D eigenvalue weighted by molar-refractivity contribution is 9.10. The normalized spacial score (nSPS) is 9.83. The van der Waals surface area contributed by atoms with Gasteiger partial charge >= 0.3 is 0 Å². The quantitative estimate of drug-likeness (QED) is 0.802. The topological polar surface area (TPSA) is 24.9 Å². The van der Waals surface area contributed by atoms with Crippen molar-refractivity contribution < 1.29 is 0 Å². The Morgan fingerprint density at radius 1 is 1.50 bits per heavy atom. The maximum atomic E-state index is 4.19. The highest BCUT2D eigenvalue weighted by atomic mass is 79.9. The smallest absolute Gasteiger partial charge is 0.125 e. The molecule has 0 atom stereocenters. The molecule has 1 rings (SSSR count). The molecule has 0 amide bonds. The molecule has 3 heteroatoms. The van der Waals surface area contributed by atoms with Crippen LogP contribution < -0.4 is 5.32 Å². The first-order valence-electron chi connectivity index (χ1n) is 4.18. The second-order valence-electron chi connectivity index (χ2n) is 2.64. The van der Waals surface area contributed by atoms with Gasteiger partial charge in [0.05, 0.1) is 0 Å². The van der Waals surface area contributed by atoms with Crippen LogP contribution in [-0.2, 0) is 0 Å². The Hall–Kier alpha value is -0.570. The Kier molecular flexibility index (Phi) is 4.08. The second-order valence-corrected chi connectivity index (χ2v) is 3.56. The molecule has 66 valence electrons. The van der Waals surface area contributed by atoms with E-state index in [2.05, 4.69) is 33.2 Å². The summed E-state index contributed by atoms with van der Waals surface area (Å²) in [6.45, 7) is 3.18. The molecule has 0 fully saturated rings. The van der Waals surface area contributed by atoms with Crippen molar-refractivity contribution in [2.24, 2.45) is 0 Å². The lowest BCUT2D eigenvalue weighted by Crippen LogP contribution is -2.01. The number of nitrogens with one attached hydrogen (secondary N) is 1.